The quantitative estimate of drug-likeness (QED) is 0.856. The standard InChI is InChI=1S/C15H13Cl2F2N/c1-20-15(10-3-5-12(17)14(19)6-10)7-9-2-4-11(16)8-13(9)18/h2-6,8,15,20H,7H2,1H3. The lowest BCUT2D eigenvalue weighted by atomic mass is 9.98. The first-order valence-corrected chi connectivity index (χ1v) is 6.83. The number of halogens is 4. The summed E-state index contributed by atoms with van der Waals surface area (Å²) in [6.45, 7) is 0. The van der Waals surface area contributed by atoms with E-state index in [0.717, 1.165) is 0 Å². The predicted octanol–water partition coefficient (Wildman–Crippen LogP) is 4.77. The molecule has 0 heterocycles. The van der Waals surface area contributed by atoms with E-state index in [9.17, 15) is 8.78 Å². The van der Waals surface area contributed by atoms with Gasteiger partial charge in [-0.2, -0.15) is 0 Å². The molecular formula is C15H13Cl2F2N. The van der Waals surface area contributed by atoms with Crippen molar-refractivity contribution in [3.8, 4) is 0 Å². The van der Waals surface area contributed by atoms with Crippen LogP contribution >= 0.6 is 23.2 Å². The molecule has 2 rings (SSSR count). The van der Waals surface area contributed by atoms with Gasteiger partial charge in [-0.15, -0.1) is 0 Å². The van der Waals surface area contributed by atoms with Crippen LogP contribution in [0.3, 0.4) is 0 Å². The molecule has 0 amide bonds. The molecule has 1 N–H and O–H groups in total. The predicted molar refractivity (Wildman–Crippen MR) is 78.3 cm³/mol. The minimum absolute atomic E-state index is 0.0706. The molecule has 1 nitrogen and oxygen atoms in total. The van der Waals surface area contributed by atoms with E-state index >= 15 is 0 Å². The molecule has 1 atom stereocenters. The van der Waals surface area contributed by atoms with Gasteiger partial charge in [-0.25, -0.2) is 8.78 Å². The van der Waals surface area contributed by atoms with E-state index in [0.29, 0.717) is 22.6 Å². The summed E-state index contributed by atoms with van der Waals surface area (Å²) < 4.78 is 27.3. The molecule has 0 aliphatic carbocycles. The minimum Gasteiger partial charge on any atom is -0.313 e. The van der Waals surface area contributed by atoms with E-state index in [1.165, 1.54) is 18.2 Å². The van der Waals surface area contributed by atoms with Crippen molar-refractivity contribution in [1.29, 1.82) is 0 Å². The van der Waals surface area contributed by atoms with Crippen LogP contribution in [0.4, 0.5) is 8.78 Å². The number of likely N-dealkylation sites (N-methyl/N-ethyl adjacent to an activating group) is 1. The Kier molecular flexibility index (Phi) is 4.97. The van der Waals surface area contributed by atoms with Gasteiger partial charge in [0.15, 0.2) is 0 Å². The maximum absolute atomic E-state index is 13.8. The molecule has 0 saturated carbocycles. The van der Waals surface area contributed by atoms with E-state index in [-0.39, 0.29) is 16.9 Å². The lowest BCUT2D eigenvalue weighted by Crippen LogP contribution is -2.19. The second-order valence-electron chi connectivity index (χ2n) is 4.45. The third-order valence-electron chi connectivity index (χ3n) is 3.13. The molecule has 0 spiro atoms. The molecule has 5 heteroatoms. The first-order valence-electron chi connectivity index (χ1n) is 6.07. The molecule has 20 heavy (non-hydrogen) atoms. The number of hydrogen-bond donors (Lipinski definition) is 1. The van der Waals surface area contributed by atoms with Crippen molar-refractivity contribution in [3.63, 3.8) is 0 Å². The van der Waals surface area contributed by atoms with Gasteiger partial charge in [0.2, 0.25) is 0 Å². The van der Waals surface area contributed by atoms with Gasteiger partial charge in [-0.3, -0.25) is 0 Å². The van der Waals surface area contributed by atoms with Crippen molar-refractivity contribution in [2.75, 3.05) is 7.05 Å². The summed E-state index contributed by atoms with van der Waals surface area (Å²) in [4.78, 5) is 0. The first-order chi connectivity index (χ1) is 9.51. The fourth-order valence-electron chi connectivity index (χ4n) is 2.02. The highest BCUT2D eigenvalue weighted by molar-refractivity contribution is 6.30. The SMILES string of the molecule is CNC(Cc1ccc(Cl)cc1F)c1ccc(Cl)c(F)c1. The van der Waals surface area contributed by atoms with Gasteiger partial charge in [0, 0.05) is 11.1 Å². The second-order valence-corrected chi connectivity index (χ2v) is 5.30. The van der Waals surface area contributed by atoms with E-state index in [1.54, 1.807) is 25.2 Å². The van der Waals surface area contributed by atoms with Gasteiger partial charge >= 0.3 is 0 Å². The zero-order valence-corrected chi connectivity index (χ0v) is 12.3. The monoisotopic (exact) mass is 315 g/mol. The fourth-order valence-corrected chi connectivity index (χ4v) is 2.30. The minimum atomic E-state index is -0.485. The average molecular weight is 316 g/mol. The Balaban J connectivity index is 2.26. The van der Waals surface area contributed by atoms with Crippen LogP contribution in [0, 0.1) is 11.6 Å². The third kappa shape index (κ3) is 3.48. The molecule has 0 fully saturated rings. The summed E-state index contributed by atoms with van der Waals surface area (Å²) in [5.41, 5.74) is 1.23. The molecule has 0 bridgehead atoms. The molecule has 2 aromatic carbocycles. The summed E-state index contributed by atoms with van der Waals surface area (Å²) in [6, 6.07) is 8.90. The molecular weight excluding hydrogens is 303 g/mol. The third-order valence-corrected chi connectivity index (χ3v) is 3.68. The van der Waals surface area contributed by atoms with Crippen molar-refractivity contribution in [2.24, 2.45) is 0 Å². The van der Waals surface area contributed by atoms with E-state index in [2.05, 4.69) is 5.32 Å². The molecule has 0 aliphatic heterocycles. The lowest BCUT2D eigenvalue weighted by molar-refractivity contribution is 0.549. The van der Waals surface area contributed by atoms with E-state index < -0.39 is 5.82 Å². The van der Waals surface area contributed by atoms with Crippen LogP contribution in [0.25, 0.3) is 0 Å². The largest absolute Gasteiger partial charge is 0.313 e. The number of benzene rings is 2. The summed E-state index contributed by atoms with van der Waals surface area (Å²) in [6.07, 6.45) is 0.389. The van der Waals surface area contributed by atoms with Crippen molar-refractivity contribution in [2.45, 2.75) is 12.5 Å². The van der Waals surface area contributed by atoms with Gasteiger partial charge < -0.3 is 5.32 Å². The lowest BCUT2D eigenvalue weighted by Gasteiger charge is -2.17. The van der Waals surface area contributed by atoms with Gasteiger partial charge in [-0.1, -0.05) is 35.3 Å². The average Bonchev–Trinajstić information content (AvgIpc) is 2.41. The van der Waals surface area contributed by atoms with Crippen LogP contribution in [-0.2, 0) is 6.42 Å². The van der Waals surface area contributed by atoms with Crippen molar-refractivity contribution in [1.82, 2.24) is 5.32 Å². The summed E-state index contributed by atoms with van der Waals surface area (Å²) in [7, 11) is 1.74. The van der Waals surface area contributed by atoms with Crippen molar-refractivity contribution < 1.29 is 8.78 Å². The van der Waals surface area contributed by atoms with E-state index in [1.807, 2.05) is 0 Å². The second kappa shape index (κ2) is 6.53. The Morgan fingerprint density at radius 1 is 1.05 bits per heavy atom. The summed E-state index contributed by atoms with van der Waals surface area (Å²) in [5.74, 6) is -0.854. The molecule has 0 aromatic heterocycles. The van der Waals surface area contributed by atoms with Gasteiger partial charge in [0.25, 0.3) is 0 Å². The summed E-state index contributed by atoms with van der Waals surface area (Å²) in [5, 5.41) is 3.47. The number of nitrogens with one attached hydrogen (secondary N) is 1. The zero-order valence-electron chi connectivity index (χ0n) is 10.8. The Hall–Kier alpha value is -1.16. The zero-order chi connectivity index (χ0) is 14.7. The molecule has 0 aliphatic rings. The fraction of sp³-hybridized carbons (Fsp3) is 0.200. The van der Waals surface area contributed by atoms with Crippen LogP contribution in [-0.4, -0.2) is 7.05 Å². The molecule has 2 aromatic rings. The molecule has 0 radical (unpaired) electrons. The maximum Gasteiger partial charge on any atom is 0.142 e. The molecule has 1 unspecified atom stereocenters. The molecule has 0 saturated heterocycles. The van der Waals surface area contributed by atoms with Crippen LogP contribution in [0.2, 0.25) is 10.0 Å². The highest BCUT2D eigenvalue weighted by Gasteiger charge is 2.14. The Bertz CT molecular complexity index is 617. The van der Waals surface area contributed by atoms with E-state index in [4.69, 9.17) is 23.2 Å². The molecule has 106 valence electrons. The first kappa shape index (κ1) is 15.2. The number of rotatable bonds is 4. The Morgan fingerprint density at radius 3 is 2.40 bits per heavy atom. The highest BCUT2D eigenvalue weighted by atomic mass is 35.5. The van der Waals surface area contributed by atoms with Gasteiger partial charge in [0.05, 0.1) is 5.02 Å². The maximum atomic E-state index is 13.8. The van der Waals surface area contributed by atoms with Crippen molar-refractivity contribution in [3.05, 3.63) is 69.2 Å². The van der Waals surface area contributed by atoms with Crippen LogP contribution in [0.5, 0.6) is 0 Å². The van der Waals surface area contributed by atoms with Gasteiger partial charge in [0.1, 0.15) is 11.6 Å². The topological polar surface area (TPSA) is 12.0 Å². The Morgan fingerprint density at radius 2 is 1.80 bits per heavy atom. The summed E-state index contributed by atoms with van der Waals surface area (Å²) >= 11 is 11.4. The highest BCUT2D eigenvalue weighted by Crippen LogP contribution is 2.24. The van der Waals surface area contributed by atoms with Crippen LogP contribution in [0.15, 0.2) is 36.4 Å². The van der Waals surface area contributed by atoms with Gasteiger partial charge in [-0.05, 0) is 48.9 Å². The van der Waals surface area contributed by atoms with Crippen LogP contribution in [0.1, 0.15) is 17.2 Å². The normalized spacial score (nSPS) is 12.4. The smallest absolute Gasteiger partial charge is 0.142 e. The van der Waals surface area contributed by atoms with Crippen molar-refractivity contribution >= 4 is 23.2 Å². The number of hydrogen-bond acceptors (Lipinski definition) is 1. The Labute approximate surface area is 126 Å². The van der Waals surface area contributed by atoms with Crippen LogP contribution < -0.4 is 5.32 Å².